The van der Waals surface area contributed by atoms with Crippen molar-refractivity contribution in [3.8, 4) is 5.75 Å². The predicted molar refractivity (Wildman–Crippen MR) is 71.9 cm³/mol. The average Bonchev–Trinajstić information content (AvgIpc) is 2.67. The highest BCUT2D eigenvalue weighted by Gasteiger charge is 2.11. The second-order valence-corrected chi connectivity index (χ2v) is 4.62. The van der Waals surface area contributed by atoms with Crippen LogP contribution in [0.1, 0.15) is 5.56 Å². The first-order valence-electron chi connectivity index (χ1n) is 4.98. The monoisotopic (exact) mass is 269 g/mol. The summed E-state index contributed by atoms with van der Waals surface area (Å²) in [6.07, 6.45) is 0. The van der Waals surface area contributed by atoms with Gasteiger partial charge in [-0.2, -0.15) is 4.37 Å². The lowest BCUT2D eigenvalue weighted by atomic mass is 10.2. The summed E-state index contributed by atoms with van der Waals surface area (Å²) in [5.41, 5.74) is 6.75. The number of aromatic nitrogens is 1. The Labute approximate surface area is 109 Å². The summed E-state index contributed by atoms with van der Waals surface area (Å²) in [6.45, 7) is 0.651. The molecular weight excluding hydrogens is 258 g/mol. The lowest BCUT2D eigenvalue weighted by molar-refractivity contribution is 0.419. The van der Waals surface area contributed by atoms with Gasteiger partial charge < -0.3 is 15.8 Å². The maximum atomic E-state index is 5.91. The zero-order valence-corrected chi connectivity index (χ0v) is 10.8. The number of nitrogens with two attached hydrogens (primary N) is 1. The number of nitrogen functional groups attached to an aromatic ring is 1. The van der Waals surface area contributed by atoms with Crippen molar-refractivity contribution >= 4 is 34.0 Å². The molecule has 0 saturated carbocycles. The van der Waals surface area contributed by atoms with Gasteiger partial charge in [0.25, 0.3) is 0 Å². The molecule has 0 spiro atoms. The number of nitrogens with one attached hydrogen (secondary N) is 1. The van der Waals surface area contributed by atoms with E-state index in [0.29, 0.717) is 18.1 Å². The number of hydrogen-bond donors (Lipinski definition) is 2. The van der Waals surface area contributed by atoms with Crippen molar-refractivity contribution < 1.29 is 4.74 Å². The zero-order valence-electron chi connectivity index (χ0n) is 9.24. The first-order valence-corrected chi connectivity index (χ1v) is 6.13. The molecule has 2 aromatic rings. The van der Waals surface area contributed by atoms with Crippen LogP contribution in [-0.2, 0) is 6.54 Å². The van der Waals surface area contributed by atoms with Crippen LogP contribution in [0.15, 0.2) is 24.3 Å². The fourth-order valence-corrected chi connectivity index (χ4v) is 2.33. The molecule has 6 heteroatoms. The van der Waals surface area contributed by atoms with E-state index in [-0.39, 0.29) is 0 Å². The molecule has 0 amide bonds. The smallest absolute Gasteiger partial charge is 0.197 e. The highest BCUT2D eigenvalue weighted by molar-refractivity contribution is 7.11. The topological polar surface area (TPSA) is 60.2 Å². The first-order chi connectivity index (χ1) is 8.20. The van der Waals surface area contributed by atoms with E-state index in [0.717, 1.165) is 15.6 Å². The van der Waals surface area contributed by atoms with Crippen molar-refractivity contribution in [2.75, 3.05) is 18.2 Å². The molecule has 0 bridgehead atoms. The molecule has 90 valence electrons. The van der Waals surface area contributed by atoms with Crippen LogP contribution in [-0.4, -0.2) is 11.5 Å². The van der Waals surface area contributed by atoms with E-state index in [1.807, 2.05) is 24.3 Å². The van der Waals surface area contributed by atoms with E-state index in [2.05, 4.69) is 9.69 Å². The van der Waals surface area contributed by atoms with Gasteiger partial charge in [0.2, 0.25) is 0 Å². The van der Waals surface area contributed by atoms with E-state index >= 15 is 0 Å². The lowest BCUT2D eigenvalue weighted by Crippen LogP contribution is -1.99. The number of anilines is 2. The molecule has 2 rings (SSSR count). The fraction of sp³-hybridized carbons (Fsp3) is 0.182. The van der Waals surface area contributed by atoms with E-state index in [4.69, 9.17) is 22.1 Å². The van der Waals surface area contributed by atoms with Crippen molar-refractivity contribution in [2.45, 2.75) is 6.54 Å². The van der Waals surface area contributed by atoms with Crippen LogP contribution in [0.5, 0.6) is 5.75 Å². The van der Waals surface area contributed by atoms with Gasteiger partial charge in [-0.25, -0.2) is 0 Å². The Morgan fingerprint density at radius 2 is 2.35 bits per heavy atom. The molecule has 1 heterocycles. The normalized spacial score (nSPS) is 10.2. The third kappa shape index (κ3) is 2.81. The van der Waals surface area contributed by atoms with Gasteiger partial charge in [-0.3, -0.25) is 0 Å². The maximum Gasteiger partial charge on any atom is 0.197 e. The summed E-state index contributed by atoms with van der Waals surface area (Å²) in [5.74, 6) is 1.00. The Balaban J connectivity index is 2.07. The molecule has 17 heavy (non-hydrogen) atoms. The quantitative estimate of drug-likeness (QED) is 0.896. The van der Waals surface area contributed by atoms with Gasteiger partial charge >= 0.3 is 0 Å². The SMILES string of the molecule is COc1c(N)nsc1NCc1cccc(Cl)c1. The van der Waals surface area contributed by atoms with Crippen molar-refractivity contribution in [3.05, 3.63) is 34.9 Å². The van der Waals surface area contributed by atoms with Crippen LogP contribution in [0.2, 0.25) is 5.02 Å². The van der Waals surface area contributed by atoms with Gasteiger partial charge in [-0.15, -0.1) is 0 Å². The summed E-state index contributed by atoms with van der Waals surface area (Å²) in [4.78, 5) is 0. The van der Waals surface area contributed by atoms with Crippen molar-refractivity contribution in [1.29, 1.82) is 0 Å². The van der Waals surface area contributed by atoms with Crippen molar-refractivity contribution in [3.63, 3.8) is 0 Å². The summed E-state index contributed by atoms with van der Waals surface area (Å²) < 4.78 is 9.19. The summed E-state index contributed by atoms with van der Waals surface area (Å²) in [7, 11) is 1.57. The average molecular weight is 270 g/mol. The standard InChI is InChI=1S/C11H12ClN3OS/c1-16-9-10(13)15-17-11(9)14-6-7-3-2-4-8(12)5-7/h2-5,14H,6H2,1H3,(H2,13,15). The third-order valence-corrected chi connectivity index (χ3v) is 3.26. The Hall–Kier alpha value is -1.46. The molecule has 3 N–H and O–H groups in total. The molecule has 0 unspecified atom stereocenters. The van der Waals surface area contributed by atoms with Gasteiger partial charge in [-0.05, 0) is 29.2 Å². The fourth-order valence-electron chi connectivity index (χ4n) is 1.43. The number of rotatable bonds is 4. The van der Waals surface area contributed by atoms with Crippen LogP contribution >= 0.6 is 23.1 Å². The second kappa shape index (κ2) is 5.25. The zero-order chi connectivity index (χ0) is 12.3. The van der Waals surface area contributed by atoms with E-state index in [1.165, 1.54) is 11.5 Å². The molecule has 4 nitrogen and oxygen atoms in total. The third-order valence-electron chi connectivity index (χ3n) is 2.22. The molecule has 0 radical (unpaired) electrons. The van der Waals surface area contributed by atoms with E-state index in [1.54, 1.807) is 7.11 Å². The van der Waals surface area contributed by atoms with Gasteiger partial charge in [0.05, 0.1) is 7.11 Å². The number of ether oxygens (including phenoxy) is 1. The Morgan fingerprint density at radius 1 is 1.53 bits per heavy atom. The molecule has 0 aliphatic carbocycles. The largest absolute Gasteiger partial charge is 0.490 e. The Morgan fingerprint density at radius 3 is 3.06 bits per heavy atom. The van der Waals surface area contributed by atoms with Gasteiger partial charge in [-0.1, -0.05) is 23.7 Å². The molecular formula is C11H12ClN3OS. The summed E-state index contributed by atoms with van der Waals surface area (Å²) in [5, 5.41) is 4.77. The number of hydrogen-bond acceptors (Lipinski definition) is 5. The maximum absolute atomic E-state index is 5.91. The summed E-state index contributed by atoms with van der Waals surface area (Å²) >= 11 is 7.19. The molecule has 0 atom stereocenters. The minimum Gasteiger partial charge on any atom is -0.490 e. The second-order valence-electron chi connectivity index (χ2n) is 3.41. The minimum atomic E-state index is 0.408. The molecule has 1 aromatic carbocycles. The van der Waals surface area contributed by atoms with Crippen LogP contribution < -0.4 is 15.8 Å². The van der Waals surface area contributed by atoms with Crippen LogP contribution in [0, 0.1) is 0 Å². The summed E-state index contributed by atoms with van der Waals surface area (Å²) in [6, 6.07) is 7.66. The number of benzene rings is 1. The van der Waals surface area contributed by atoms with Crippen LogP contribution in [0.25, 0.3) is 0 Å². The van der Waals surface area contributed by atoms with E-state index < -0.39 is 0 Å². The number of nitrogens with zero attached hydrogens (tertiary/aromatic N) is 1. The molecule has 0 saturated heterocycles. The van der Waals surface area contributed by atoms with Gasteiger partial charge in [0.15, 0.2) is 16.6 Å². The first kappa shape index (κ1) is 12.0. The lowest BCUT2D eigenvalue weighted by Gasteiger charge is -2.06. The molecule has 0 aliphatic heterocycles. The molecule has 0 fully saturated rings. The Kier molecular flexibility index (Phi) is 3.71. The van der Waals surface area contributed by atoms with Crippen LogP contribution in [0.4, 0.5) is 10.8 Å². The molecule has 0 aliphatic rings. The van der Waals surface area contributed by atoms with Crippen LogP contribution in [0.3, 0.4) is 0 Å². The van der Waals surface area contributed by atoms with Gasteiger partial charge in [0.1, 0.15) is 0 Å². The van der Waals surface area contributed by atoms with E-state index in [9.17, 15) is 0 Å². The highest BCUT2D eigenvalue weighted by Crippen LogP contribution is 2.34. The van der Waals surface area contributed by atoms with Crippen molar-refractivity contribution in [1.82, 2.24) is 4.37 Å². The Bertz CT molecular complexity index is 515. The highest BCUT2D eigenvalue weighted by atomic mass is 35.5. The minimum absolute atomic E-state index is 0.408. The predicted octanol–water partition coefficient (Wildman–Crippen LogP) is 3.00. The van der Waals surface area contributed by atoms with Gasteiger partial charge in [0, 0.05) is 11.6 Å². The number of methoxy groups -OCH3 is 1. The van der Waals surface area contributed by atoms with Crippen molar-refractivity contribution in [2.24, 2.45) is 0 Å². The number of halogens is 1. The molecule has 1 aromatic heterocycles.